The summed E-state index contributed by atoms with van der Waals surface area (Å²) in [4.78, 5) is 6.74. The van der Waals surface area contributed by atoms with Crippen LogP contribution in [0.4, 0.5) is 0 Å². The van der Waals surface area contributed by atoms with Crippen molar-refractivity contribution in [1.82, 2.24) is 9.88 Å². The highest BCUT2D eigenvalue weighted by atomic mass is 16.5. The molecule has 1 aromatic carbocycles. The second-order valence-electron chi connectivity index (χ2n) is 5.88. The molecule has 0 N–H and O–H groups in total. The van der Waals surface area contributed by atoms with E-state index in [0.29, 0.717) is 6.61 Å². The Bertz CT molecular complexity index is 667. The molecule has 1 atom stereocenters. The summed E-state index contributed by atoms with van der Waals surface area (Å²) in [6.45, 7) is 11.1. The van der Waals surface area contributed by atoms with Crippen LogP contribution in [0.3, 0.4) is 0 Å². The molecule has 0 fully saturated rings. The molecular formula is C21H26N2O. The van der Waals surface area contributed by atoms with Crippen LogP contribution in [0, 0.1) is 0 Å². The Morgan fingerprint density at radius 1 is 1.21 bits per heavy atom. The van der Waals surface area contributed by atoms with Crippen molar-refractivity contribution in [2.75, 3.05) is 13.7 Å². The summed E-state index contributed by atoms with van der Waals surface area (Å²) in [7, 11) is 2.12. The highest BCUT2D eigenvalue weighted by Crippen LogP contribution is 2.24. The maximum Gasteiger partial charge on any atom is 0.123 e. The van der Waals surface area contributed by atoms with Crippen molar-refractivity contribution in [2.24, 2.45) is 0 Å². The lowest BCUT2D eigenvalue weighted by Gasteiger charge is -2.24. The summed E-state index contributed by atoms with van der Waals surface area (Å²) in [5, 5.41) is 0. The van der Waals surface area contributed by atoms with Gasteiger partial charge < -0.3 is 4.74 Å². The van der Waals surface area contributed by atoms with E-state index in [-0.39, 0.29) is 6.04 Å². The molecule has 0 saturated carbocycles. The molecule has 126 valence electrons. The molecule has 0 aliphatic rings. The van der Waals surface area contributed by atoms with E-state index in [1.807, 2.05) is 30.5 Å². The summed E-state index contributed by atoms with van der Waals surface area (Å²) in [6.07, 6.45) is 6.29. The van der Waals surface area contributed by atoms with Crippen LogP contribution in [-0.4, -0.2) is 23.5 Å². The van der Waals surface area contributed by atoms with Gasteiger partial charge in [-0.15, -0.1) is 6.58 Å². The first-order chi connectivity index (χ1) is 11.7. The second-order valence-corrected chi connectivity index (χ2v) is 5.88. The van der Waals surface area contributed by atoms with E-state index in [0.717, 1.165) is 30.0 Å². The van der Waals surface area contributed by atoms with Gasteiger partial charge in [0, 0.05) is 18.8 Å². The van der Waals surface area contributed by atoms with E-state index in [1.165, 1.54) is 5.56 Å². The molecule has 0 bridgehead atoms. The van der Waals surface area contributed by atoms with Gasteiger partial charge in [0.15, 0.2) is 0 Å². The Morgan fingerprint density at radius 3 is 2.71 bits per heavy atom. The van der Waals surface area contributed by atoms with Gasteiger partial charge in [-0.05, 0) is 49.7 Å². The third-order valence-electron chi connectivity index (χ3n) is 4.05. The fourth-order valence-corrected chi connectivity index (χ4v) is 2.61. The van der Waals surface area contributed by atoms with Gasteiger partial charge in [0.25, 0.3) is 0 Å². The van der Waals surface area contributed by atoms with E-state index in [1.54, 1.807) is 6.08 Å². The van der Waals surface area contributed by atoms with Gasteiger partial charge in [0.1, 0.15) is 12.4 Å². The van der Waals surface area contributed by atoms with E-state index in [4.69, 9.17) is 4.74 Å². The third kappa shape index (κ3) is 4.80. The predicted molar refractivity (Wildman–Crippen MR) is 100 cm³/mol. The van der Waals surface area contributed by atoms with Crippen molar-refractivity contribution in [2.45, 2.75) is 25.9 Å². The van der Waals surface area contributed by atoms with E-state index < -0.39 is 0 Å². The molecule has 0 radical (unpaired) electrons. The van der Waals surface area contributed by atoms with Gasteiger partial charge in [0.05, 0.1) is 5.69 Å². The molecular weight excluding hydrogens is 296 g/mol. The Labute approximate surface area is 145 Å². The Morgan fingerprint density at radius 2 is 2.04 bits per heavy atom. The smallest absolute Gasteiger partial charge is 0.123 e. The first kappa shape index (κ1) is 18.0. The average Bonchev–Trinajstić information content (AvgIpc) is 2.61. The van der Waals surface area contributed by atoms with Crippen LogP contribution in [0.25, 0.3) is 0 Å². The van der Waals surface area contributed by atoms with Gasteiger partial charge in [-0.1, -0.05) is 36.9 Å². The van der Waals surface area contributed by atoms with Crippen LogP contribution >= 0.6 is 0 Å². The molecule has 2 rings (SSSR count). The Kier molecular flexibility index (Phi) is 6.76. The molecule has 0 unspecified atom stereocenters. The van der Waals surface area contributed by atoms with Crippen molar-refractivity contribution in [3.8, 4) is 5.75 Å². The average molecular weight is 322 g/mol. The van der Waals surface area contributed by atoms with Crippen LogP contribution in [0.1, 0.15) is 29.8 Å². The fourth-order valence-electron chi connectivity index (χ4n) is 2.61. The highest BCUT2D eigenvalue weighted by molar-refractivity contribution is 5.38. The SMILES string of the molecule is C=CCOc1ccc(CN(C)[C@@H](C)c2ccccn2)cc1CC=C. The van der Waals surface area contributed by atoms with E-state index in [9.17, 15) is 0 Å². The zero-order valence-electron chi connectivity index (χ0n) is 14.6. The zero-order valence-corrected chi connectivity index (χ0v) is 14.6. The number of allylic oxidation sites excluding steroid dienone is 1. The zero-order chi connectivity index (χ0) is 17.4. The third-order valence-corrected chi connectivity index (χ3v) is 4.05. The van der Waals surface area contributed by atoms with E-state index in [2.05, 4.69) is 55.2 Å². The number of rotatable bonds is 9. The minimum Gasteiger partial charge on any atom is -0.489 e. The molecule has 3 heteroatoms. The molecule has 0 aliphatic carbocycles. The van der Waals surface area contributed by atoms with E-state index >= 15 is 0 Å². The number of benzene rings is 1. The summed E-state index contributed by atoms with van der Waals surface area (Å²) < 4.78 is 5.73. The predicted octanol–water partition coefficient (Wildman–Crippen LogP) is 4.57. The largest absolute Gasteiger partial charge is 0.489 e. The normalized spacial score (nSPS) is 12.0. The molecule has 1 heterocycles. The Hall–Kier alpha value is -2.39. The number of ether oxygens (including phenoxy) is 1. The lowest BCUT2D eigenvalue weighted by molar-refractivity contribution is 0.248. The summed E-state index contributed by atoms with van der Waals surface area (Å²) in [6, 6.07) is 12.6. The van der Waals surface area contributed by atoms with Crippen molar-refractivity contribution in [3.05, 3.63) is 84.7 Å². The molecule has 2 aromatic rings. The monoisotopic (exact) mass is 322 g/mol. The standard InChI is InChI=1S/C21H26N2O/c1-5-9-19-15-18(11-12-21(19)24-14-6-2)16-23(4)17(3)20-10-7-8-13-22-20/h5-8,10-13,15,17H,1-2,9,14,16H2,3-4H3/t17-/m0/s1. The summed E-state index contributed by atoms with van der Waals surface area (Å²) in [5.41, 5.74) is 3.49. The number of hydrogen-bond donors (Lipinski definition) is 0. The van der Waals surface area contributed by atoms with Gasteiger partial charge in [-0.3, -0.25) is 9.88 Å². The topological polar surface area (TPSA) is 25.4 Å². The number of nitrogens with zero attached hydrogens (tertiary/aromatic N) is 2. The second kappa shape index (κ2) is 9.04. The molecule has 0 spiro atoms. The highest BCUT2D eigenvalue weighted by Gasteiger charge is 2.13. The summed E-state index contributed by atoms with van der Waals surface area (Å²) >= 11 is 0. The molecule has 0 aliphatic heterocycles. The maximum absolute atomic E-state index is 5.73. The van der Waals surface area contributed by atoms with Crippen LogP contribution < -0.4 is 4.74 Å². The van der Waals surface area contributed by atoms with Crippen molar-refractivity contribution in [3.63, 3.8) is 0 Å². The first-order valence-electron chi connectivity index (χ1n) is 8.23. The lowest BCUT2D eigenvalue weighted by atomic mass is 10.1. The van der Waals surface area contributed by atoms with Crippen molar-refractivity contribution < 1.29 is 4.74 Å². The minimum atomic E-state index is 0.255. The first-order valence-corrected chi connectivity index (χ1v) is 8.23. The lowest BCUT2D eigenvalue weighted by Crippen LogP contribution is -2.22. The van der Waals surface area contributed by atoms with Crippen LogP contribution in [-0.2, 0) is 13.0 Å². The van der Waals surface area contributed by atoms with Gasteiger partial charge in [0.2, 0.25) is 0 Å². The maximum atomic E-state index is 5.73. The molecule has 0 amide bonds. The van der Waals surface area contributed by atoms with Crippen molar-refractivity contribution in [1.29, 1.82) is 0 Å². The summed E-state index contributed by atoms with van der Waals surface area (Å²) in [5.74, 6) is 0.902. The van der Waals surface area contributed by atoms with Crippen molar-refractivity contribution >= 4 is 0 Å². The molecule has 24 heavy (non-hydrogen) atoms. The van der Waals surface area contributed by atoms with Crippen LogP contribution in [0.5, 0.6) is 5.75 Å². The van der Waals surface area contributed by atoms with Gasteiger partial charge in [-0.25, -0.2) is 0 Å². The number of hydrogen-bond acceptors (Lipinski definition) is 3. The Balaban J connectivity index is 2.12. The number of pyridine rings is 1. The molecule has 0 saturated heterocycles. The fraction of sp³-hybridized carbons (Fsp3) is 0.286. The van der Waals surface area contributed by atoms with Gasteiger partial charge in [-0.2, -0.15) is 0 Å². The minimum absolute atomic E-state index is 0.255. The van der Waals surface area contributed by atoms with Gasteiger partial charge >= 0.3 is 0 Å². The van der Waals surface area contributed by atoms with Crippen LogP contribution in [0.15, 0.2) is 67.9 Å². The molecule has 3 nitrogen and oxygen atoms in total. The quantitative estimate of drug-likeness (QED) is 0.632. The van der Waals surface area contributed by atoms with Crippen LogP contribution in [0.2, 0.25) is 0 Å². The number of aromatic nitrogens is 1. The molecule has 1 aromatic heterocycles.